The maximum Gasteiger partial charge on any atom is 0.122 e. The summed E-state index contributed by atoms with van der Waals surface area (Å²) < 4.78 is 5.44. The number of hydrogen-bond donors (Lipinski definition) is 2. The van der Waals surface area contributed by atoms with Gasteiger partial charge in [-0.05, 0) is 31.0 Å². The van der Waals surface area contributed by atoms with Crippen LogP contribution in [-0.4, -0.2) is 24.4 Å². The summed E-state index contributed by atoms with van der Waals surface area (Å²) in [5, 5.41) is 9.23. The minimum atomic E-state index is -0.588. The Bertz CT molecular complexity index is 299. The summed E-state index contributed by atoms with van der Waals surface area (Å²) in [6, 6.07) is 5.99. The third kappa shape index (κ3) is 3.01. The van der Waals surface area contributed by atoms with Crippen molar-refractivity contribution in [2.24, 2.45) is 5.73 Å². The van der Waals surface area contributed by atoms with E-state index in [1.165, 1.54) is 0 Å². The summed E-state index contributed by atoms with van der Waals surface area (Å²) >= 11 is 0. The van der Waals surface area contributed by atoms with Gasteiger partial charge in [0, 0.05) is 6.54 Å². The molecule has 0 radical (unpaired) electrons. The first-order valence-corrected chi connectivity index (χ1v) is 4.71. The average molecular weight is 195 g/mol. The van der Waals surface area contributed by atoms with Crippen LogP contribution < -0.4 is 10.5 Å². The lowest BCUT2D eigenvalue weighted by molar-refractivity contribution is 0.114. The largest absolute Gasteiger partial charge is 0.491 e. The van der Waals surface area contributed by atoms with E-state index in [1.807, 2.05) is 32.0 Å². The van der Waals surface area contributed by atoms with Crippen LogP contribution in [0, 0.1) is 13.8 Å². The Morgan fingerprint density at radius 2 is 2.14 bits per heavy atom. The van der Waals surface area contributed by atoms with Gasteiger partial charge in [-0.2, -0.15) is 0 Å². The first kappa shape index (κ1) is 11.0. The van der Waals surface area contributed by atoms with Crippen molar-refractivity contribution in [3.8, 4) is 5.75 Å². The molecule has 3 heteroatoms. The van der Waals surface area contributed by atoms with Gasteiger partial charge in [0.1, 0.15) is 18.5 Å². The molecule has 3 N–H and O–H groups in total. The van der Waals surface area contributed by atoms with Gasteiger partial charge in [-0.15, -0.1) is 0 Å². The van der Waals surface area contributed by atoms with Crippen LogP contribution in [0.15, 0.2) is 18.2 Å². The van der Waals surface area contributed by atoms with E-state index in [4.69, 9.17) is 10.5 Å². The number of aliphatic hydroxyl groups excluding tert-OH is 1. The van der Waals surface area contributed by atoms with Gasteiger partial charge in [-0.25, -0.2) is 0 Å². The maximum absolute atomic E-state index is 9.23. The molecular weight excluding hydrogens is 178 g/mol. The van der Waals surface area contributed by atoms with E-state index >= 15 is 0 Å². The molecule has 14 heavy (non-hydrogen) atoms. The van der Waals surface area contributed by atoms with Crippen LogP contribution in [0.5, 0.6) is 5.75 Å². The van der Waals surface area contributed by atoms with E-state index in [2.05, 4.69) is 0 Å². The lowest BCUT2D eigenvalue weighted by Gasteiger charge is -2.12. The molecule has 0 aliphatic heterocycles. The van der Waals surface area contributed by atoms with Crippen LogP contribution in [0.1, 0.15) is 11.1 Å². The number of hydrogen-bond acceptors (Lipinski definition) is 3. The zero-order chi connectivity index (χ0) is 10.6. The standard InChI is InChI=1S/C11H17NO2/c1-8-3-4-9(2)11(5-8)14-7-10(13)6-12/h3-5,10,13H,6-7,12H2,1-2H3/t10-/m0/s1. The minimum Gasteiger partial charge on any atom is -0.491 e. The van der Waals surface area contributed by atoms with Crippen LogP contribution >= 0.6 is 0 Å². The molecular formula is C11H17NO2. The Labute approximate surface area is 84.5 Å². The highest BCUT2D eigenvalue weighted by molar-refractivity contribution is 5.35. The summed E-state index contributed by atoms with van der Waals surface area (Å²) in [5.41, 5.74) is 7.49. The van der Waals surface area contributed by atoms with Crippen LogP contribution in [0.2, 0.25) is 0 Å². The highest BCUT2D eigenvalue weighted by Gasteiger charge is 2.04. The van der Waals surface area contributed by atoms with Gasteiger partial charge in [0.05, 0.1) is 0 Å². The Kier molecular flexibility index (Phi) is 3.92. The molecule has 0 unspecified atom stereocenters. The number of aliphatic hydroxyl groups is 1. The predicted molar refractivity (Wildman–Crippen MR) is 56.5 cm³/mol. The Balaban J connectivity index is 2.62. The van der Waals surface area contributed by atoms with E-state index in [1.54, 1.807) is 0 Å². The van der Waals surface area contributed by atoms with Gasteiger partial charge in [0.2, 0.25) is 0 Å². The summed E-state index contributed by atoms with van der Waals surface area (Å²) in [6.45, 7) is 4.46. The third-order valence-electron chi connectivity index (χ3n) is 2.05. The topological polar surface area (TPSA) is 55.5 Å². The smallest absolute Gasteiger partial charge is 0.122 e. The molecule has 1 atom stereocenters. The predicted octanol–water partition coefficient (Wildman–Crippen LogP) is 1.00. The molecule has 0 aliphatic carbocycles. The van der Waals surface area contributed by atoms with Gasteiger partial charge in [0.15, 0.2) is 0 Å². The quantitative estimate of drug-likeness (QED) is 0.753. The van der Waals surface area contributed by atoms with Crippen LogP contribution in [0.3, 0.4) is 0 Å². The van der Waals surface area contributed by atoms with Crippen molar-refractivity contribution in [1.82, 2.24) is 0 Å². The number of ether oxygens (including phenoxy) is 1. The molecule has 0 saturated carbocycles. The van der Waals surface area contributed by atoms with E-state index in [0.29, 0.717) is 0 Å². The number of nitrogens with two attached hydrogens (primary N) is 1. The summed E-state index contributed by atoms with van der Waals surface area (Å²) in [7, 11) is 0. The molecule has 0 bridgehead atoms. The van der Waals surface area contributed by atoms with Crippen molar-refractivity contribution in [2.75, 3.05) is 13.2 Å². The molecule has 0 aliphatic rings. The van der Waals surface area contributed by atoms with E-state index in [0.717, 1.165) is 16.9 Å². The van der Waals surface area contributed by atoms with E-state index in [9.17, 15) is 5.11 Å². The molecule has 1 aromatic carbocycles. The molecule has 0 saturated heterocycles. The zero-order valence-electron chi connectivity index (χ0n) is 8.66. The Hall–Kier alpha value is -1.06. The average Bonchev–Trinajstić information content (AvgIpc) is 2.19. The first-order chi connectivity index (χ1) is 6.63. The lowest BCUT2D eigenvalue weighted by Crippen LogP contribution is -2.26. The molecule has 1 aromatic rings. The molecule has 0 spiro atoms. The zero-order valence-corrected chi connectivity index (χ0v) is 8.66. The Morgan fingerprint density at radius 3 is 2.79 bits per heavy atom. The maximum atomic E-state index is 9.23. The monoisotopic (exact) mass is 195 g/mol. The van der Waals surface area contributed by atoms with Gasteiger partial charge in [-0.1, -0.05) is 12.1 Å². The third-order valence-corrected chi connectivity index (χ3v) is 2.05. The van der Waals surface area contributed by atoms with Crippen molar-refractivity contribution in [1.29, 1.82) is 0 Å². The van der Waals surface area contributed by atoms with Crippen molar-refractivity contribution < 1.29 is 9.84 Å². The normalized spacial score (nSPS) is 12.6. The molecule has 3 nitrogen and oxygen atoms in total. The first-order valence-electron chi connectivity index (χ1n) is 4.71. The summed E-state index contributed by atoms with van der Waals surface area (Å²) in [6.07, 6.45) is -0.588. The SMILES string of the molecule is Cc1ccc(C)c(OC[C@@H](O)CN)c1. The number of benzene rings is 1. The van der Waals surface area contributed by atoms with Gasteiger partial charge in [0.25, 0.3) is 0 Å². The second-order valence-electron chi connectivity index (χ2n) is 3.47. The van der Waals surface area contributed by atoms with Crippen molar-refractivity contribution in [3.63, 3.8) is 0 Å². The molecule has 0 aromatic heterocycles. The molecule has 1 rings (SSSR count). The van der Waals surface area contributed by atoms with Crippen LogP contribution in [0.25, 0.3) is 0 Å². The van der Waals surface area contributed by atoms with Crippen LogP contribution in [0.4, 0.5) is 0 Å². The van der Waals surface area contributed by atoms with Crippen LogP contribution in [-0.2, 0) is 0 Å². The van der Waals surface area contributed by atoms with Gasteiger partial charge >= 0.3 is 0 Å². The van der Waals surface area contributed by atoms with E-state index in [-0.39, 0.29) is 13.2 Å². The highest BCUT2D eigenvalue weighted by Crippen LogP contribution is 2.18. The minimum absolute atomic E-state index is 0.227. The fourth-order valence-corrected chi connectivity index (χ4v) is 1.12. The second-order valence-corrected chi connectivity index (χ2v) is 3.47. The fourth-order valence-electron chi connectivity index (χ4n) is 1.12. The lowest BCUT2D eigenvalue weighted by atomic mass is 10.1. The van der Waals surface area contributed by atoms with Gasteiger partial charge < -0.3 is 15.6 Å². The Morgan fingerprint density at radius 1 is 1.43 bits per heavy atom. The van der Waals surface area contributed by atoms with Crippen molar-refractivity contribution in [2.45, 2.75) is 20.0 Å². The second kappa shape index (κ2) is 4.98. The van der Waals surface area contributed by atoms with Gasteiger partial charge in [-0.3, -0.25) is 0 Å². The fraction of sp³-hybridized carbons (Fsp3) is 0.455. The molecule has 0 amide bonds. The van der Waals surface area contributed by atoms with Crippen molar-refractivity contribution >= 4 is 0 Å². The van der Waals surface area contributed by atoms with E-state index < -0.39 is 6.10 Å². The molecule has 0 fully saturated rings. The number of aryl methyl sites for hydroxylation is 2. The van der Waals surface area contributed by atoms with Crippen molar-refractivity contribution in [3.05, 3.63) is 29.3 Å². The highest BCUT2D eigenvalue weighted by atomic mass is 16.5. The molecule has 78 valence electrons. The number of rotatable bonds is 4. The summed E-state index contributed by atoms with van der Waals surface area (Å²) in [4.78, 5) is 0. The molecule has 0 heterocycles. The summed E-state index contributed by atoms with van der Waals surface area (Å²) in [5.74, 6) is 0.817.